The number of hydrogen-bond acceptors (Lipinski definition) is 3. The zero-order chi connectivity index (χ0) is 14.3. The van der Waals surface area contributed by atoms with Gasteiger partial charge in [0.2, 0.25) is 0 Å². The second-order valence-electron chi connectivity index (χ2n) is 4.89. The number of benzene rings is 1. The van der Waals surface area contributed by atoms with Gasteiger partial charge in [-0.15, -0.1) is 11.3 Å². The van der Waals surface area contributed by atoms with Crippen LogP contribution >= 0.6 is 11.3 Å². The molecule has 0 saturated heterocycles. The third kappa shape index (κ3) is 2.05. The molecule has 1 aromatic carbocycles. The molecule has 3 aromatic rings. The van der Waals surface area contributed by atoms with Gasteiger partial charge in [-0.2, -0.15) is 0 Å². The maximum absolute atomic E-state index is 13.4. The first-order valence-electron chi connectivity index (χ1n) is 6.51. The molecule has 2 nitrogen and oxygen atoms in total. The lowest BCUT2D eigenvalue weighted by Gasteiger charge is -2.14. The summed E-state index contributed by atoms with van der Waals surface area (Å²) in [5.41, 5.74) is 2.93. The highest BCUT2D eigenvalue weighted by molar-refractivity contribution is 7.10. The van der Waals surface area contributed by atoms with Gasteiger partial charge in [-0.1, -0.05) is 0 Å². The highest BCUT2D eigenvalue weighted by Gasteiger charge is 2.22. The van der Waals surface area contributed by atoms with Gasteiger partial charge in [0.05, 0.1) is 6.04 Å². The molecule has 0 bridgehead atoms. The summed E-state index contributed by atoms with van der Waals surface area (Å²) in [6.45, 7) is 4.08. The summed E-state index contributed by atoms with van der Waals surface area (Å²) in [7, 11) is 1.91. The van der Waals surface area contributed by atoms with Crippen molar-refractivity contribution in [1.82, 2.24) is 5.32 Å². The summed E-state index contributed by atoms with van der Waals surface area (Å²) in [5.74, 6) is 0.621. The molecule has 0 spiro atoms. The molecule has 0 aliphatic heterocycles. The van der Waals surface area contributed by atoms with Crippen LogP contribution in [0, 0.1) is 19.7 Å². The Labute approximate surface area is 121 Å². The topological polar surface area (TPSA) is 25.2 Å². The predicted octanol–water partition coefficient (Wildman–Crippen LogP) is 4.56. The molecule has 1 unspecified atom stereocenters. The largest absolute Gasteiger partial charge is 0.459 e. The van der Waals surface area contributed by atoms with Crippen LogP contribution in [-0.2, 0) is 0 Å². The van der Waals surface area contributed by atoms with Crippen LogP contribution in [0.1, 0.15) is 27.8 Å². The minimum Gasteiger partial charge on any atom is -0.459 e. The molecule has 1 N–H and O–H groups in total. The Morgan fingerprint density at radius 2 is 2.05 bits per heavy atom. The number of furan rings is 1. The number of halogens is 1. The van der Waals surface area contributed by atoms with Gasteiger partial charge < -0.3 is 9.73 Å². The van der Waals surface area contributed by atoms with Crippen LogP contribution in [0.25, 0.3) is 11.0 Å². The van der Waals surface area contributed by atoms with Crippen LogP contribution in [0.4, 0.5) is 4.39 Å². The van der Waals surface area contributed by atoms with Crippen LogP contribution < -0.4 is 5.32 Å². The highest BCUT2D eigenvalue weighted by Crippen LogP contribution is 2.35. The molecule has 20 heavy (non-hydrogen) atoms. The van der Waals surface area contributed by atoms with E-state index in [-0.39, 0.29) is 11.9 Å². The maximum atomic E-state index is 13.4. The van der Waals surface area contributed by atoms with Crippen molar-refractivity contribution < 1.29 is 8.81 Å². The average molecular weight is 289 g/mol. The van der Waals surface area contributed by atoms with Gasteiger partial charge in [0.1, 0.15) is 17.2 Å². The van der Waals surface area contributed by atoms with Crippen molar-refractivity contribution in [2.75, 3.05) is 7.05 Å². The number of nitrogens with one attached hydrogen (secondary N) is 1. The van der Waals surface area contributed by atoms with Gasteiger partial charge in [-0.25, -0.2) is 4.39 Å². The Balaban J connectivity index is 2.18. The standard InChI is InChI=1S/C16H16FNOS/c1-9-13-8-11(17)4-5-14(13)19-16(9)15(18-3)12-6-7-20-10(12)2/h4-8,15,18H,1-3H3. The molecule has 0 aliphatic rings. The summed E-state index contributed by atoms with van der Waals surface area (Å²) in [6.07, 6.45) is 0. The molecule has 3 rings (SSSR count). The zero-order valence-electron chi connectivity index (χ0n) is 11.7. The second kappa shape index (κ2) is 5.04. The fourth-order valence-electron chi connectivity index (χ4n) is 2.61. The minimum absolute atomic E-state index is 0.00305. The Morgan fingerprint density at radius 3 is 2.70 bits per heavy atom. The van der Waals surface area contributed by atoms with Crippen molar-refractivity contribution in [2.45, 2.75) is 19.9 Å². The summed E-state index contributed by atoms with van der Waals surface area (Å²) in [6, 6.07) is 6.75. The second-order valence-corrected chi connectivity index (χ2v) is 6.01. The van der Waals surface area contributed by atoms with Gasteiger partial charge in [0.15, 0.2) is 0 Å². The first-order valence-corrected chi connectivity index (χ1v) is 7.39. The van der Waals surface area contributed by atoms with Crippen LogP contribution in [-0.4, -0.2) is 7.05 Å². The molecule has 0 saturated carbocycles. The maximum Gasteiger partial charge on any atom is 0.134 e. The number of rotatable bonds is 3. The van der Waals surface area contributed by atoms with Crippen LogP contribution in [0.15, 0.2) is 34.1 Å². The van der Waals surface area contributed by atoms with Crippen molar-refractivity contribution in [2.24, 2.45) is 0 Å². The predicted molar refractivity (Wildman–Crippen MR) is 80.9 cm³/mol. The van der Waals surface area contributed by atoms with Crippen molar-refractivity contribution in [3.63, 3.8) is 0 Å². The first-order chi connectivity index (χ1) is 9.61. The van der Waals surface area contributed by atoms with Crippen molar-refractivity contribution in [1.29, 1.82) is 0 Å². The van der Waals surface area contributed by atoms with E-state index in [2.05, 4.69) is 23.7 Å². The number of fused-ring (bicyclic) bond motifs is 1. The van der Waals surface area contributed by atoms with Gasteiger partial charge in [-0.05, 0) is 56.1 Å². The smallest absolute Gasteiger partial charge is 0.134 e. The van der Waals surface area contributed by atoms with Crippen molar-refractivity contribution in [3.8, 4) is 0 Å². The van der Waals surface area contributed by atoms with E-state index in [9.17, 15) is 4.39 Å². The monoisotopic (exact) mass is 289 g/mol. The molecule has 2 heterocycles. The van der Waals surface area contributed by atoms with E-state index in [4.69, 9.17) is 4.42 Å². The molecule has 104 valence electrons. The Kier molecular flexibility index (Phi) is 3.36. The van der Waals surface area contributed by atoms with Crippen LogP contribution in [0.5, 0.6) is 0 Å². The van der Waals surface area contributed by atoms with E-state index in [0.717, 1.165) is 22.3 Å². The number of thiophene rings is 1. The molecular formula is C16H16FNOS. The number of hydrogen-bond donors (Lipinski definition) is 1. The average Bonchev–Trinajstić information content (AvgIpc) is 2.98. The third-order valence-corrected chi connectivity index (χ3v) is 4.56. The fraction of sp³-hybridized carbons (Fsp3) is 0.250. The molecule has 0 radical (unpaired) electrons. The zero-order valence-corrected chi connectivity index (χ0v) is 12.5. The quantitative estimate of drug-likeness (QED) is 0.764. The van der Waals surface area contributed by atoms with E-state index < -0.39 is 0 Å². The molecule has 1 atom stereocenters. The van der Waals surface area contributed by atoms with E-state index in [1.165, 1.54) is 22.6 Å². The number of aryl methyl sites for hydroxylation is 2. The fourth-order valence-corrected chi connectivity index (χ4v) is 3.35. The van der Waals surface area contributed by atoms with Crippen LogP contribution in [0.3, 0.4) is 0 Å². The summed E-state index contributed by atoms with van der Waals surface area (Å²) in [5, 5.41) is 6.21. The van der Waals surface area contributed by atoms with Gasteiger partial charge in [0, 0.05) is 15.8 Å². The molecule has 0 amide bonds. The van der Waals surface area contributed by atoms with Gasteiger partial charge >= 0.3 is 0 Å². The molecular weight excluding hydrogens is 273 g/mol. The molecule has 2 aromatic heterocycles. The van der Waals surface area contributed by atoms with Crippen molar-refractivity contribution >= 4 is 22.3 Å². The molecule has 4 heteroatoms. The normalized spacial score (nSPS) is 13.0. The summed E-state index contributed by atoms with van der Waals surface area (Å²) >= 11 is 1.72. The van der Waals surface area contributed by atoms with E-state index in [1.807, 2.05) is 14.0 Å². The Hall–Kier alpha value is -1.65. The molecule has 0 fully saturated rings. The lowest BCUT2D eigenvalue weighted by Crippen LogP contribution is -2.18. The molecule has 0 aliphatic carbocycles. The van der Waals surface area contributed by atoms with E-state index in [1.54, 1.807) is 17.4 Å². The summed E-state index contributed by atoms with van der Waals surface area (Å²) < 4.78 is 19.4. The van der Waals surface area contributed by atoms with E-state index in [0.29, 0.717) is 0 Å². The lowest BCUT2D eigenvalue weighted by molar-refractivity contribution is 0.487. The third-order valence-electron chi connectivity index (χ3n) is 3.70. The Bertz CT molecular complexity index is 759. The highest BCUT2D eigenvalue weighted by atomic mass is 32.1. The van der Waals surface area contributed by atoms with Gasteiger partial charge in [-0.3, -0.25) is 0 Å². The van der Waals surface area contributed by atoms with Crippen LogP contribution in [0.2, 0.25) is 0 Å². The summed E-state index contributed by atoms with van der Waals surface area (Å²) in [4.78, 5) is 1.26. The van der Waals surface area contributed by atoms with E-state index >= 15 is 0 Å². The minimum atomic E-state index is -0.235. The van der Waals surface area contributed by atoms with Crippen molar-refractivity contribution in [3.05, 3.63) is 57.2 Å². The van der Waals surface area contributed by atoms with Gasteiger partial charge in [0.25, 0.3) is 0 Å². The Morgan fingerprint density at radius 1 is 1.25 bits per heavy atom. The SMILES string of the molecule is CNC(c1ccsc1C)c1oc2ccc(F)cc2c1C. The lowest BCUT2D eigenvalue weighted by atomic mass is 10.0. The first kappa shape index (κ1) is 13.3.